The van der Waals surface area contributed by atoms with Crippen molar-refractivity contribution in [3.8, 4) is 0 Å². The van der Waals surface area contributed by atoms with Crippen molar-refractivity contribution in [3.05, 3.63) is 228 Å². The Hall–Kier alpha value is -7.37. The number of aromatic nitrogens is 2. The second-order valence-electron chi connectivity index (χ2n) is 18.7. The van der Waals surface area contributed by atoms with Crippen LogP contribution in [0.25, 0.3) is 43.6 Å². The molecule has 1 aliphatic heterocycles. The number of anilines is 2. The first kappa shape index (κ1) is 62.2. The van der Waals surface area contributed by atoms with Gasteiger partial charge in [0.15, 0.2) is 0 Å². The monoisotopic (exact) mass is 1030 g/mol. The van der Waals surface area contributed by atoms with Gasteiger partial charge in [-0.25, -0.2) is 0 Å². The number of Topliss-reactive ketones (excluding diaryl/α,β-unsaturated/α-hetero) is 1. The number of carbonyl (C=O) groups excluding carboxylic acids is 1. The van der Waals surface area contributed by atoms with Gasteiger partial charge in [-0.05, 0) is 113 Å². The average Bonchev–Trinajstić information content (AvgIpc) is 4.04. The van der Waals surface area contributed by atoms with E-state index in [9.17, 15) is 4.79 Å². The van der Waals surface area contributed by atoms with Crippen molar-refractivity contribution in [2.24, 2.45) is 7.05 Å². The Morgan fingerprint density at radius 3 is 1.00 bits per heavy atom. The molecule has 11 rings (SSSR count). The van der Waals surface area contributed by atoms with Crippen molar-refractivity contribution >= 4 is 60.8 Å². The van der Waals surface area contributed by atoms with Gasteiger partial charge in [0.05, 0.1) is 0 Å². The predicted molar refractivity (Wildman–Crippen MR) is 342 cm³/mol. The van der Waals surface area contributed by atoms with Crippen LogP contribution < -0.4 is 9.80 Å². The average molecular weight is 1030 g/mol. The summed E-state index contributed by atoms with van der Waals surface area (Å²) in [6.45, 7) is 28.8. The number of para-hydroxylation sites is 4. The molecule has 406 valence electrons. The summed E-state index contributed by atoms with van der Waals surface area (Å²) in [6.07, 6.45) is 5.36. The summed E-state index contributed by atoms with van der Waals surface area (Å²) in [4.78, 5) is 20.3. The normalized spacial score (nSPS) is 11.3. The molecule has 2 aromatic heterocycles. The van der Waals surface area contributed by atoms with E-state index in [1.165, 1.54) is 88.4 Å². The van der Waals surface area contributed by atoms with E-state index < -0.39 is 0 Å². The fourth-order valence-corrected chi connectivity index (χ4v) is 9.26. The van der Waals surface area contributed by atoms with Gasteiger partial charge in [0.2, 0.25) is 0 Å². The number of H-pyrrole nitrogens is 1. The predicted octanol–water partition coefficient (Wildman–Crippen LogP) is 19.6. The van der Waals surface area contributed by atoms with E-state index in [1.807, 2.05) is 55.4 Å². The van der Waals surface area contributed by atoms with Crippen LogP contribution in [0.15, 0.2) is 194 Å². The van der Waals surface area contributed by atoms with Crippen LogP contribution in [0.4, 0.5) is 11.4 Å². The van der Waals surface area contributed by atoms with Crippen LogP contribution in [0, 0.1) is 27.7 Å². The molecule has 0 unspecified atom stereocenters. The lowest BCUT2D eigenvalue weighted by Gasteiger charge is -2.37. The van der Waals surface area contributed by atoms with Crippen molar-refractivity contribution < 1.29 is 4.79 Å². The van der Waals surface area contributed by atoms with Gasteiger partial charge >= 0.3 is 0 Å². The third-order valence-corrected chi connectivity index (χ3v) is 13.4. The Balaban J connectivity index is 0.000000215. The zero-order chi connectivity index (χ0) is 56.0. The molecule has 0 aliphatic carbocycles. The van der Waals surface area contributed by atoms with Crippen LogP contribution >= 0.6 is 0 Å². The minimum Gasteiger partial charge on any atom is -0.368 e. The standard InChI is InChI=1S/C21H26O.C18H22N2.C13H11N.C12H9N.4C2H6/c1-17-9-13-19(14-10-17)5-3-7-21(22)8-4-6-20-15-11-18(2)12-16-20;1-15-3-7-17(8-4-15)19-11-13-20(14-12-19)18-9-5-16(2)6-10-18;1-14-12-8-4-2-6-10(12)11-7-3-5-9-13(11)14;1-3-7-11-9(5-1)10-6-2-4-8-12(10)13-11;4*1-2/h9-16H,3-8H2,1-2H3;3-10H,11-14H2,1-2H3;2-9H,1H3;1-8,13H;4*1-2H3. The van der Waals surface area contributed by atoms with Gasteiger partial charge in [-0.2, -0.15) is 0 Å². The van der Waals surface area contributed by atoms with E-state index in [4.69, 9.17) is 0 Å². The lowest BCUT2D eigenvalue weighted by molar-refractivity contribution is -0.119. The zero-order valence-electron chi connectivity index (χ0n) is 49.3. The molecule has 1 N–H and O–H groups in total. The topological polar surface area (TPSA) is 44.3 Å². The highest BCUT2D eigenvalue weighted by molar-refractivity contribution is 6.08. The second-order valence-corrected chi connectivity index (χ2v) is 18.7. The Bertz CT molecular complexity index is 2960. The van der Waals surface area contributed by atoms with Gasteiger partial charge in [-0.15, -0.1) is 0 Å². The molecule has 3 heterocycles. The first-order chi connectivity index (χ1) is 37.7. The summed E-state index contributed by atoms with van der Waals surface area (Å²) in [7, 11) is 2.12. The van der Waals surface area contributed by atoms with Crippen molar-refractivity contribution in [1.82, 2.24) is 9.55 Å². The third kappa shape index (κ3) is 19.0. The highest BCUT2D eigenvalue weighted by atomic mass is 16.1. The molecular weight excluding hydrogens is 937 g/mol. The first-order valence-electron chi connectivity index (χ1n) is 28.8. The summed E-state index contributed by atoms with van der Waals surface area (Å²) >= 11 is 0. The molecule has 0 bridgehead atoms. The quantitative estimate of drug-likeness (QED) is 0.148. The molecule has 0 radical (unpaired) electrons. The number of fused-ring (bicyclic) bond motifs is 6. The number of nitrogens with one attached hydrogen (secondary N) is 1. The smallest absolute Gasteiger partial charge is 0.132 e. The Kier molecular flexibility index (Phi) is 27.7. The molecular formula is C72H92N4O. The highest BCUT2D eigenvalue weighted by Gasteiger charge is 2.17. The van der Waals surface area contributed by atoms with E-state index in [2.05, 4.69) is 248 Å². The molecule has 1 saturated heterocycles. The van der Waals surface area contributed by atoms with E-state index >= 15 is 0 Å². The van der Waals surface area contributed by atoms with Gasteiger partial charge < -0.3 is 19.4 Å². The van der Waals surface area contributed by atoms with Crippen molar-refractivity contribution in [2.75, 3.05) is 36.0 Å². The molecule has 8 aromatic carbocycles. The number of piperazine rings is 1. The number of aromatic amines is 1. The SMILES string of the molecule is CC.CC.CC.CC.Cc1ccc(CCCC(=O)CCCc2ccc(C)cc2)cc1.Cc1ccc(N2CCN(c3ccc(C)cc3)CC2)cc1.Cn1c2ccccc2c2ccccc21.c1ccc2c(c1)[nH]c1ccccc12. The minimum atomic E-state index is 0.402. The molecule has 5 heteroatoms. The van der Waals surface area contributed by atoms with Crippen LogP contribution in [0.2, 0.25) is 0 Å². The van der Waals surface area contributed by atoms with E-state index in [0.29, 0.717) is 18.6 Å². The summed E-state index contributed by atoms with van der Waals surface area (Å²) in [5.41, 5.74) is 15.6. The van der Waals surface area contributed by atoms with Crippen molar-refractivity contribution in [3.63, 3.8) is 0 Å². The van der Waals surface area contributed by atoms with E-state index in [-0.39, 0.29) is 0 Å². The van der Waals surface area contributed by atoms with Gasteiger partial charge in [0.1, 0.15) is 5.78 Å². The maximum Gasteiger partial charge on any atom is 0.132 e. The lowest BCUT2D eigenvalue weighted by Crippen LogP contribution is -2.46. The van der Waals surface area contributed by atoms with Crippen molar-refractivity contribution in [2.45, 2.75) is 122 Å². The minimum absolute atomic E-state index is 0.402. The molecule has 0 atom stereocenters. The highest BCUT2D eigenvalue weighted by Crippen LogP contribution is 2.28. The molecule has 1 fully saturated rings. The second kappa shape index (κ2) is 34.3. The maximum atomic E-state index is 11.9. The number of hydrogen-bond acceptors (Lipinski definition) is 3. The van der Waals surface area contributed by atoms with Crippen LogP contribution in [-0.4, -0.2) is 41.5 Å². The number of benzene rings is 8. The molecule has 0 spiro atoms. The van der Waals surface area contributed by atoms with Gasteiger partial charge in [-0.3, -0.25) is 4.79 Å². The van der Waals surface area contributed by atoms with Crippen LogP contribution in [0.5, 0.6) is 0 Å². The Morgan fingerprint density at radius 2 is 0.662 bits per heavy atom. The van der Waals surface area contributed by atoms with Gasteiger partial charge in [0, 0.05) is 101 Å². The first-order valence-corrected chi connectivity index (χ1v) is 28.8. The van der Waals surface area contributed by atoms with Crippen LogP contribution in [-0.2, 0) is 24.7 Å². The summed E-state index contributed by atoms with van der Waals surface area (Å²) < 4.78 is 2.24. The molecule has 0 amide bonds. The van der Waals surface area contributed by atoms with Crippen LogP contribution in [0.3, 0.4) is 0 Å². The number of rotatable bonds is 10. The molecule has 77 heavy (non-hydrogen) atoms. The number of carbonyl (C=O) groups is 1. The number of ketones is 1. The fraction of sp³-hybridized carbons (Fsp3) is 0.319. The maximum absolute atomic E-state index is 11.9. The van der Waals surface area contributed by atoms with E-state index in [0.717, 1.165) is 51.9 Å². The molecule has 5 nitrogen and oxygen atoms in total. The van der Waals surface area contributed by atoms with Gasteiger partial charge in [-0.1, -0.05) is 223 Å². The van der Waals surface area contributed by atoms with Crippen LogP contribution in [0.1, 0.15) is 114 Å². The zero-order valence-corrected chi connectivity index (χ0v) is 49.3. The largest absolute Gasteiger partial charge is 0.368 e. The molecule has 10 aromatic rings. The number of aryl methyl sites for hydroxylation is 7. The Labute approximate surface area is 465 Å². The molecule has 1 aliphatic rings. The van der Waals surface area contributed by atoms with E-state index in [1.54, 1.807) is 0 Å². The lowest BCUT2D eigenvalue weighted by atomic mass is 10.0. The molecule has 0 saturated carbocycles. The Morgan fingerprint density at radius 1 is 0.377 bits per heavy atom. The third-order valence-electron chi connectivity index (χ3n) is 13.4. The fourth-order valence-electron chi connectivity index (χ4n) is 9.26. The number of nitrogens with zero attached hydrogens (tertiary/aromatic N) is 3. The summed E-state index contributed by atoms with van der Waals surface area (Å²) in [6, 6.07) is 68.7. The summed E-state index contributed by atoms with van der Waals surface area (Å²) in [5, 5.41) is 5.28. The number of hydrogen-bond donors (Lipinski definition) is 1. The van der Waals surface area contributed by atoms with Crippen molar-refractivity contribution in [1.29, 1.82) is 0 Å². The van der Waals surface area contributed by atoms with Gasteiger partial charge in [0.25, 0.3) is 0 Å². The summed E-state index contributed by atoms with van der Waals surface area (Å²) in [5.74, 6) is 0.402.